The van der Waals surface area contributed by atoms with E-state index in [0.29, 0.717) is 28.2 Å². The van der Waals surface area contributed by atoms with Crippen LogP contribution in [0.5, 0.6) is 17.2 Å². The predicted octanol–water partition coefficient (Wildman–Crippen LogP) is 8.12. The molecular weight excluding hydrogens is 495 g/mol. The Morgan fingerprint density at radius 3 is 2.58 bits per heavy atom. The Bertz CT molecular complexity index is 1280. The summed E-state index contributed by atoms with van der Waals surface area (Å²) in [6.07, 6.45) is 3.54. The smallest absolute Gasteiger partial charge is 0.214 e. The third-order valence-corrected chi connectivity index (χ3v) is 7.17. The average Bonchev–Trinajstić information content (AvgIpc) is 3.33. The molecule has 5 nitrogen and oxygen atoms in total. The number of hydrogen-bond acceptors (Lipinski definition) is 5. The number of hydrazone groups is 1. The molecule has 7 heteroatoms. The first-order valence-electron chi connectivity index (χ1n) is 12.4. The molecule has 0 aliphatic carbocycles. The molecule has 36 heavy (non-hydrogen) atoms. The van der Waals surface area contributed by atoms with E-state index in [1.165, 1.54) is 5.56 Å². The minimum atomic E-state index is -0.479. The quantitative estimate of drug-likeness (QED) is 0.279. The van der Waals surface area contributed by atoms with E-state index in [4.69, 9.17) is 42.5 Å². The molecule has 0 bridgehead atoms. The Hall–Kier alpha value is -2.89. The predicted molar refractivity (Wildman–Crippen MR) is 145 cm³/mol. The van der Waals surface area contributed by atoms with Crippen molar-refractivity contribution < 1.29 is 14.2 Å². The van der Waals surface area contributed by atoms with Gasteiger partial charge < -0.3 is 14.2 Å². The fourth-order valence-electron chi connectivity index (χ4n) is 4.75. The summed E-state index contributed by atoms with van der Waals surface area (Å²) in [5.41, 5.74) is 5.15. The van der Waals surface area contributed by atoms with E-state index in [-0.39, 0.29) is 6.04 Å². The highest BCUT2D eigenvalue weighted by Gasteiger charge is 2.42. The van der Waals surface area contributed by atoms with E-state index >= 15 is 0 Å². The van der Waals surface area contributed by atoms with E-state index in [1.807, 2.05) is 29.3 Å². The Kier molecular flexibility index (Phi) is 7.31. The molecule has 0 N–H and O–H groups in total. The van der Waals surface area contributed by atoms with Crippen LogP contribution in [0.3, 0.4) is 0 Å². The second kappa shape index (κ2) is 10.6. The maximum absolute atomic E-state index is 6.62. The Morgan fingerprint density at radius 2 is 1.83 bits per heavy atom. The SMILES string of the molecule is CCCCCOc1ccc([C@@H]2Oc3c(Cl)cc(Cl)cc3[C@@H]3CC(c4ccc(C)cc4)=NN32)cc1OC. The number of hydrogen-bond donors (Lipinski definition) is 0. The van der Waals surface area contributed by atoms with Gasteiger partial charge in [-0.1, -0.05) is 72.8 Å². The lowest BCUT2D eigenvalue weighted by molar-refractivity contribution is -0.0190. The summed E-state index contributed by atoms with van der Waals surface area (Å²) in [5, 5.41) is 8.13. The van der Waals surface area contributed by atoms with Crippen molar-refractivity contribution in [3.63, 3.8) is 0 Å². The highest BCUT2D eigenvalue weighted by atomic mass is 35.5. The second-order valence-corrected chi connectivity index (χ2v) is 10.1. The third kappa shape index (κ3) is 4.87. The summed E-state index contributed by atoms with van der Waals surface area (Å²) >= 11 is 13.0. The molecule has 3 aromatic rings. The van der Waals surface area contributed by atoms with Crippen molar-refractivity contribution >= 4 is 28.9 Å². The summed E-state index contributed by atoms with van der Waals surface area (Å²) < 4.78 is 18.2. The first-order chi connectivity index (χ1) is 17.5. The standard InChI is InChI=1S/C29H30Cl2N2O3/c1-4-5-6-13-35-26-12-11-20(14-27(26)34-3)29-33-25(22-15-21(30)16-23(31)28(22)36-29)17-24(32-33)19-9-7-18(2)8-10-19/h7-12,14-16,25,29H,4-6,13,17H2,1-3H3/t25-,29-/m0/s1. The lowest BCUT2D eigenvalue weighted by Gasteiger charge is -2.38. The van der Waals surface area contributed by atoms with E-state index < -0.39 is 6.23 Å². The molecule has 0 spiro atoms. The van der Waals surface area contributed by atoms with Crippen molar-refractivity contribution in [2.75, 3.05) is 13.7 Å². The second-order valence-electron chi connectivity index (χ2n) is 9.25. The molecule has 2 aliphatic heterocycles. The molecule has 3 aromatic carbocycles. The van der Waals surface area contributed by atoms with Crippen LogP contribution in [0.1, 0.15) is 67.1 Å². The fraction of sp³-hybridized carbons (Fsp3) is 0.345. The molecule has 0 unspecified atom stereocenters. The van der Waals surface area contributed by atoms with Gasteiger partial charge in [0.25, 0.3) is 0 Å². The number of rotatable bonds is 8. The highest BCUT2D eigenvalue weighted by molar-refractivity contribution is 6.35. The molecule has 0 amide bonds. The number of benzene rings is 3. The Balaban J connectivity index is 1.52. The van der Waals surface area contributed by atoms with E-state index in [9.17, 15) is 0 Å². The van der Waals surface area contributed by atoms with E-state index in [2.05, 4.69) is 38.1 Å². The van der Waals surface area contributed by atoms with E-state index in [0.717, 1.165) is 53.8 Å². The van der Waals surface area contributed by atoms with Crippen LogP contribution in [0.4, 0.5) is 0 Å². The molecule has 2 atom stereocenters. The summed E-state index contributed by atoms with van der Waals surface area (Å²) in [6.45, 7) is 4.92. The van der Waals surface area contributed by atoms with Crippen LogP contribution in [0.2, 0.25) is 10.0 Å². The van der Waals surface area contributed by atoms with Crippen molar-refractivity contribution in [1.29, 1.82) is 0 Å². The fourth-order valence-corrected chi connectivity index (χ4v) is 5.30. The minimum Gasteiger partial charge on any atom is -0.493 e. The highest BCUT2D eigenvalue weighted by Crippen LogP contribution is 2.51. The molecule has 0 saturated heterocycles. The van der Waals surface area contributed by atoms with Gasteiger partial charge >= 0.3 is 0 Å². The number of methoxy groups -OCH3 is 1. The molecule has 188 valence electrons. The van der Waals surface area contributed by atoms with Gasteiger partial charge in [-0.05, 0) is 49.2 Å². The molecule has 2 heterocycles. The van der Waals surface area contributed by atoms with Gasteiger partial charge in [0.2, 0.25) is 6.23 Å². The number of nitrogens with zero attached hydrogens (tertiary/aromatic N) is 2. The molecule has 0 radical (unpaired) electrons. The molecule has 0 fully saturated rings. The zero-order valence-corrected chi connectivity index (χ0v) is 22.3. The maximum Gasteiger partial charge on any atom is 0.214 e. The number of halogens is 2. The maximum atomic E-state index is 6.62. The third-order valence-electron chi connectivity index (χ3n) is 6.67. The van der Waals surface area contributed by atoms with Gasteiger partial charge in [0.1, 0.15) is 5.75 Å². The lowest BCUT2D eigenvalue weighted by Crippen LogP contribution is -2.33. The van der Waals surface area contributed by atoms with Crippen LogP contribution in [-0.2, 0) is 0 Å². The van der Waals surface area contributed by atoms with Gasteiger partial charge in [-0.15, -0.1) is 0 Å². The zero-order chi connectivity index (χ0) is 25.2. The number of unbranched alkanes of at least 4 members (excludes halogenated alkanes) is 2. The lowest BCUT2D eigenvalue weighted by atomic mass is 9.95. The normalized spacial score (nSPS) is 18.2. The van der Waals surface area contributed by atoms with Crippen molar-refractivity contribution in [2.24, 2.45) is 5.10 Å². The van der Waals surface area contributed by atoms with Crippen LogP contribution in [0.15, 0.2) is 59.7 Å². The van der Waals surface area contributed by atoms with Crippen LogP contribution in [-0.4, -0.2) is 24.4 Å². The Labute approximate surface area is 222 Å². The van der Waals surface area contributed by atoms with Crippen LogP contribution in [0, 0.1) is 6.92 Å². The van der Waals surface area contributed by atoms with Crippen LogP contribution >= 0.6 is 23.2 Å². The first kappa shape index (κ1) is 24.8. The van der Waals surface area contributed by atoms with E-state index in [1.54, 1.807) is 13.2 Å². The number of fused-ring (bicyclic) bond motifs is 3. The van der Waals surface area contributed by atoms with Crippen LogP contribution in [0.25, 0.3) is 0 Å². The molecular formula is C29H30Cl2N2O3. The van der Waals surface area contributed by atoms with Crippen molar-refractivity contribution in [3.05, 3.63) is 86.9 Å². The van der Waals surface area contributed by atoms with Gasteiger partial charge in [-0.3, -0.25) is 0 Å². The summed E-state index contributed by atoms with van der Waals surface area (Å²) in [5.74, 6) is 2.03. The average molecular weight is 525 g/mol. The number of ether oxygens (including phenoxy) is 3. The molecule has 0 aromatic heterocycles. The molecule has 5 rings (SSSR count). The van der Waals surface area contributed by atoms with Gasteiger partial charge in [-0.25, -0.2) is 5.01 Å². The molecule has 2 aliphatic rings. The minimum absolute atomic E-state index is 0.0535. The van der Waals surface area contributed by atoms with Crippen LogP contribution < -0.4 is 14.2 Å². The summed E-state index contributed by atoms with van der Waals surface area (Å²) in [4.78, 5) is 0. The molecule has 0 saturated carbocycles. The topological polar surface area (TPSA) is 43.3 Å². The van der Waals surface area contributed by atoms with Crippen molar-refractivity contribution in [3.8, 4) is 17.2 Å². The summed E-state index contributed by atoms with van der Waals surface area (Å²) in [6, 6.07) is 17.9. The zero-order valence-electron chi connectivity index (χ0n) is 20.8. The van der Waals surface area contributed by atoms with Gasteiger partial charge in [0.05, 0.1) is 30.5 Å². The number of aryl methyl sites for hydroxylation is 1. The van der Waals surface area contributed by atoms with Crippen molar-refractivity contribution in [1.82, 2.24) is 5.01 Å². The van der Waals surface area contributed by atoms with Gasteiger partial charge in [0.15, 0.2) is 11.5 Å². The largest absolute Gasteiger partial charge is 0.493 e. The van der Waals surface area contributed by atoms with Gasteiger partial charge in [0, 0.05) is 22.6 Å². The first-order valence-corrected chi connectivity index (χ1v) is 13.1. The van der Waals surface area contributed by atoms with Gasteiger partial charge in [-0.2, -0.15) is 5.10 Å². The summed E-state index contributed by atoms with van der Waals surface area (Å²) in [7, 11) is 1.65. The Morgan fingerprint density at radius 1 is 1.03 bits per heavy atom. The van der Waals surface area contributed by atoms with Crippen molar-refractivity contribution in [2.45, 2.75) is 51.8 Å². The monoisotopic (exact) mass is 524 g/mol.